The van der Waals surface area contributed by atoms with Crippen LogP contribution in [0.15, 0.2) is 53.3 Å². The van der Waals surface area contributed by atoms with Crippen LogP contribution in [0.25, 0.3) is 0 Å². The fourth-order valence-corrected chi connectivity index (χ4v) is 1.95. The van der Waals surface area contributed by atoms with Crippen molar-refractivity contribution in [2.45, 2.75) is 19.1 Å². The third-order valence-corrected chi connectivity index (χ3v) is 2.98. The van der Waals surface area contributed by atoms with Crippen LogP contribution in [0, 0.1) is 0 Å². The number of halogens is 1. The molecule has 16 heavy (non-hydrogen) atoms. The lowest BCUT2D eigenvalue weighted by Crippen LogP contribution is -2.27. The van der Waals surface area contributed by atoms with Gasteiger partial charge in [-0.3, -0.25) is 5.73 Å². The van der Waals surface area contributed by atoms with E-state index in [0.29, 0.717) is 5.03 Å². The Morgan fingerprint density at radius 3 is 2.62 bits per heavy atom. The molecular weight excluding hydrogens is 222 g/mol. The number of nitrogens with two attached hydrogens (primary N) is 1. The molecular formula is C13H14ClNO. The number of allylic oxidation sites excluding steroid dienone is 2. The van der Waals surface area contributed by atoms with Crippen molar-refractivity contribution in [3.8, 4) is 0 Å². The van der Waals surface area contributed by atoms with Crippen molar-refractivity contribution in [2.75, 3.05) is 0 Å². The molecule has 3 heteroatoms. The number of aryl methyl sites for hydroxylation is 1. The van der Waals surface area contributed by atoms with Gasteiger partial charge in [0.1, 0.15) is 0 Å². The highest BCUT2D eigenvalue weighted by atomic mass is 35.5. The first-order valence-electron chi connectivity index (χ1n) is 5.27. The maximum absolute atomic E-state index is 6.08. The topological polar surface area (TPSA) is 35.2 Å². The second-order valence-electron chi connectivity index (χ2n) is 3.72. The van der Waals surface area contributed by atoms with E-state index >= 15 is 0 Å². The van der Waals surface area contributed by atoms with E-state index in [1.165, 1.54) is 5.56 Å². The van der Waals surface area contributed by atoms with E-state index in [9.17, 15) is 0 Å². The zero-order valence-electron chi connectivity index (χ0n) is 8.90. The molecule has 1 aromatic rings. The third-order valence-electron chi connectivity index (χ3n) is 2.62. The SMILES string of the molecule is NC1OC=CC(Cl)=C1CCc1ccccc1. The molecule has 1 aromatic carbocycles. The second-order valence-corrected chi connectivity index (χ2v) is 4.13. The van der Waals surface area contributed by atoms with E-state index < -0.39 is 6.23 Å². The number of hydrogen-bond donors (Lipinski definition) is 1. The summed E-state index contributed by atoms with van der Waals surface area (Å²) in [4.78, 5) is 0. The normalized spacial score (nSPS) is 19.8. The molecule has 0 amide bonds. The lowest BCUT2D eigenvalue weighted by atomic mass is 10.0. The quantitative estimate of drug-likeness (QED) is 0.874. The minimum Gasteiger partial charge on any atom is -0.479 e. The van der Waals surface area contributed by atoms with Gasteiger partial charge >= 0.3 is 0 Å². The van der Waals surface area contributed by atoms with Crippen molar-refractivity contribution in [1.29, 1.82) is 0 Å². The predicted octanol–water partition coefficient (Wildman–Crippen LogP) is 2.94. The molecule has 0 saturated carbocycles. The second kappa shape index (κ2) is 5.19. The number of hydrogen-bond acceptors (Lipinski definition) is 2. The van der Waals surface area contributed by atoms with Crippen LogP contribution >= 0.6 is 11.6 Å². The van der Waals surface area contributed by atoms with Gasteiger partial charge in [0.05, 0.1) is 6.26 Å². The van der Waals surface area contributed by atoms with Crippen molar-refractivity contribution in [3.05, 3.63) is 58.8 Å². The van der Waals surface area contributed by atoms with Gasteiger partial charge in [0, 0.05) is 10.6 Å². The minimum absolute atomic E-state index is 0.402. The van der Waals surface area contributed by atoms with Gasteiger partial charge in [-0.25, -0.2) is 0 Å². The molecule has 1 atom stereocenters. The third kappa shape index (κ3) is 2.65. The molecule has 1 aliphatic rings. The van der Waals surface area contributed by atoms with Gasteiger partial charge in [0.15, 0.2) is 6.23 Å². The monoisotopic (exact) mass is 235 g/mol. The molecule has 0 radical (unpaired) electrons. The Hall–Kier alpha value is -1.25. The summed E-state index contributed by atoms with van der Waals surface area (Å²) in [5, 5.41) is 0.703. The van der Waals surface area contributed by atoms with Crippen LogP contribution < -0.4 is 5.73 Å². The Morgan fingerprint density at radius 2 is 1.94 bits per heavy atom. The molecule has 0 saturated heterocycles. The molecule has 0 aromatic heterocycles. The van der Waals surface area contributed by atoms with Gasteiger partial charge in [-0.1, -0.05) is 41.9 Å². The molecule has 0 fully saturated rings. The van der Waals surface area contributed by atoms with Crippen LogP contribution in [0.5, 0.6) is 0 Å². The van der Waals surface area contributed by atoms with Crippen LogP contribution in [-0.4, -0.2) is 6.23 Å². The van der Waals surface area contributed by atoms with Crippen molar-refractivity contribution in [3.63, 3.8) is 0 Å². The lowest BCUT2D eigenvalue weighted by Gasteiger charge is -2.20. The Bertz CT molecular complexity index is 411. The van der Waals surface area contributed by atoms with Crippen molar-refractivity contribution in [1.82, 2.24) is 0 Å². The molecule has 1 aliphatic heterocycles. The smallest absolute Gasteiger partial charge is 0.170 e. The fraction of sp³-hybridized carbons (Fsp3) is 0.231. The van der Waals surface area contributed by atoms with Crippen LogP contribution in [0.3, 0.4) is 0 Å². The molecule has 0 bridgehead atoms. The van der Waals surface area contributed by atoms with Crippen LogP contribution in [0.4, 0.5) is 0 Å². The van der Waals surface area contributed by atoms with E-state index in [1.54, 1.807) is 12.3 Å². The van der Waals surface area contributed by atoms with E-state index in [-0.39, 0.29) is 0 Å². The predicted molar refractivity (Wildman–Crippen MR) is 65.8 cm³/mol. The summed E-state index contributed by atoms with van der Waals surface area (Å²) >= 11 is 6.08. The average Bonchev–Trinajstić information content (AvgIpc) is 2.30. The van der Waals surface area contributed by atoms with Gasteiger partial charge in [0.2, 0.25) is 0 Å². The Kier molecular flexibility index (Phi) is 3.65. The number of benzene rings is 1. The summed E-state index contributed by atoms with van der Waals surface area (Å²) in [6, 6.07) is 10.3. The average molecular weight is 236 g/mol. The Morgan fingerprint density at radius 1 is 1.19 bits per heavy atom. The first kappa shape index (κ1) is 11.2. The van der Waals surface area contributed by atoms with E-state index in [4.69, 9.17) is 22.1 Å². The van der Waals surface area contributed by atoms with Crippen LogP contribution in [0.1, 0.15) is 12.0 Å². The fourth-order valence-electron chi connectivity index (χ4n) is 1.69. The Balaban J connectivity index is 2.02. The first-order valence-corrected chi connectivity index (χ1v) is 5.65. The summed E-state index contributed by atoms with van der Waals surface area (Å²) in [5.41, 5.74) is 8.06. The molecule has 2 N–H and O–H groups in total. The van der Waals surface area contributed by atoms with Crippen molar-refractivity contribution >= 4 is 11.6 Å². The molecule has 1 unspecified atom stereocenters. The van der Waals surface area contributed by atoms with Gasteiger partial charge in [0.25, 0.3) is 0 Å². The van der Waals surface area contributed by atoms with Gasteiger partial charge < -0.3 is 4.74 Å². The highest BCUT2D eigenvalue weighted by Crippen LogP contribution is 2.23. The van der Waals surface area contributed by atoms with Crippen LogP contribution in [-0.2, 0) is 11.2 Å². The number of ether oxygens (including phenoxy) is 1. The molecule has 0 spiro atoms. The standard InChI is InChI=1S/C13H14ClNO/c14-12-8-9-16-13(15)11(12)7-6-10-4-2-1-3-5-10/h1-5,8-9,13H,6-7,15H2. The highest BCUT2D eigenvalue weighted by molar-refractivity contribution is 6.31. The van der Waals surface area contributed by atoms with Crippen LogP contribution in [0.2, 0.25) is 0 Å². The van der Waals surface area contributed by atoms with E-state index in [0.717, 1.165) is 18.4 Å². The van der Waals surface area contributed by atoms with Gasteiger partial charge in [-0.15, -0.1) is 0 Å². The van der Waals surface area contributed by atoms with Crippen molar-refractivity contribution < 1.29 is 4.74 Å². The van der Waals surface area contributed by atoms with E-state index in [2.05, 4.69) is 12.1 Å². The van der Waals surface area contributed by atoms with Gasteiger partial charge in [-0.2, -0.15) is 0 Å². The summed E-state index contributed by atoms with van der Waals surface area (Å²) in [7, 11) is 0. The maximum Gasteiger partial charge on any atom is 0.170 e. The highest BCUT2D eigenvalue weighted by Gasteiger charge is 2.16. The first-order chi connectivity index (χ1) is 7.77. The summed E-state index contributed by atoms with van der Waals surface area (Å²) in [5.74, 6) is 0. The molecule has 84 valence electrons. The molecule has 1 heterocycles. The Labute approximate surface area is 100 Å². The molecule has 2 rings (SSSR count). The summed E-state index contributed by atoms with van der Waals surface area (Å²) < 4.78 is 5.20. The largest absolute Gasteiger partial charge is 0.479 e. The zero-order chi connectivity index (χ0) is 11.4. The molecule has 2 nitrogen and oxygen atoms in total. The van der Waals surface area contributed by atoms with Crippen molar-refractivity contribution in [2.24, 2.45) is 5.73 Å². The molecule has 0 aliphatic carbocycles. The zero-order valence-corrected chi connectivity index (χ0v) is 9.65. The lowest BCUT2D eigenvalue weighted by molar-refractivity contribution is 0.174. The summed E-state index contributed by atoms with van der Waals surface area (Å²) in [6.07, 6.45) is 4.64. The van der Waals surface area contributed by atoms with E-state index in [1.807, 2.05) is 18.2 Å². The number of rotatable bonds is 3. The summed E-state index contributed by atoms with van der Waals surface area (Å²) in [6.45, 7) is 0. The maximum atomic E-state index is 6.08. The van der Waals surface area contributed by atoms with Gasteiger partial charge in [-0.05, 0) is 24.5 Å². The minimum atomic E-state index is -0.402.